The minimum absolute atomic E-state index is 0.108. The average Bonchev–Trinajstić information content (AvgIpc) is 3.23. The van der Waals surface area contributed by atoms with Crippen molar-refractivity contribution < 1.29 is 17.6 Å². The molecule has 3 aromatic rings. The van der Waals surface area contributed by atoms with Crippen LogP contribution in [-0.4, -0.2) is 26.4 Å². The van der Waals surface area contributed by atoms with Gasteiger partial charge >= 0.3 is 0 Å². The number of furan rings is 1. The summed E-state index contributed by atoms with van der Waals surface area (Å²) in [7, 11) is -2.47. The fraction of sp³-hybridized carbons (Fsp3) is 0.125. The number of sulfonamides is 1. The van der Waals surface area contributed by atoms with E-state index in [1.165, 1.54) is 30.5 Å². The molecule has 0 saturated carbocycles. The van der Waals surface area contributed by atoms with Gasteiger partial charge in [0.05, 0.1) is 10.6 Å². The van der Waals surface area contributed by atoms with Crippen LogP contribution in [0.15, 0.2) is 52.0 Å². The second-order valence-corrected chi connectivity index (χ2v) is 7.90. The zero-order valence-corrected chi connectivity index (χ0v) is 15.1. The van der Waals surface area contributed by atoms with E-state index in [4.69, 9.17) is 4.42 Å². The van der Waals surface area contributed by atoms with Gasteiger partial charge in [-0.15, -0.1) is 0 Å². The standard InChI is InChI=1S/C16H15N3O4S2/c1-10-14(11-6-4-3-5-7-11)24-16(18-10)19-15(20)12-8-9-13(23-12)25(21,22)17-2/h3-9,17H,1-2H3,(H,18,19,20). The molecule has 7 nitrogen and oxygen atoms in total. The number of thiazole rings is 1. The van der Waals surface area contributed by atoms with Gasteiger partial charge < -0.3 is 4.42 Å². The Balaban J connectivity index is 1.81. The van der Waals surface area contributed by atoms with E-state index in [1.807, 2.05) is 37.3 Å². The quantitative estimate of drug-likeness (QED) is 0.712. The number of carbonyl (C=O) groups excluding carboxylic acids is 1. The number of aromatic nitrogens is 1. The highest BCUT2D eigenvalue weighted by Gasteiger charge is 2.20. The Labute approximate surface area is 148 Å². The van der Waals surface area contributed by atoms with E-state index in [2.05, 4.69) is 15.0 Å². The zero-order valence-electron chi connectivity index (χ0n) is 13.4. The normalized spacial score (nSPS) is 11.4. The Bertz CT molecular complexity index is 1010. The van der Waals surface area contributed by atoms with Crippen molar-refractivity contribution in [2.45, 2.75) is 12.0 Å². The van der Waals surface area contributed by atoms with Crippen LogP contribution < -0.4 is 10.0 Å². The van der Waals surface area contributed by atoms with Gasteiger partial charge in [0.1, 0.15) is 0 Å². The molecule has 0 bridgehead atoms. The smallest absolute Gasteiger partial charge is 0.293 e. The zero-order chi connectivity index (χ0) is 18.0. The van der Waals surface area contributed by atoms with E-state index in [0.717, 1.165) is 16.1 Å². The molecule has 0 radical (unpaired) electrons. The lowest BCUT2D eigenvalue weighted by Crippen LogP contribution is -2.18. The molecule has 2 aromatic heterocycles. The van der Waals surface area contributed by atoms with Crippen LogP contribution in [0, 0.1) is 6.92 Å². The molecular weight excluding hydrogens is 362 g/mol. The lowest BCUT2D eigenvalue weighted by Gasteiger charge is -1.99. The molecule has 0 unspecified atom stereocenters. The molecule has 0 atom stereocenters. The Kier molecular flexibility index (Phi) is 4.71. The second kappa shape index (κ2) is 6.79. The van der Waals surface area contributed by atoms with Crippen molar-refractivity contribution in [3.8, 4) is 10.4 Å². The topological polar surface area (TPSA) is 101 Å². The van der Waals surface area contributed by atoms with E-state index in [-0.39, 0.29) is 10.9 Å². The molecule has 2 N–H and O–H groups in total. The average molecular weight is 377 g/mol. The molecule has 0 saturated heterocycles. The largest absolute Gasteiger partial charge is 0.438 e. The van der Waals surface area contributed by atoms with E-state index in [9.17, 15) is 13.2 Å². The monoisotopic (exact) mass is 377 g/mol. The van der Waals surface area contributed by atoms with Gasteiger partial charge in [-0.2, -0.15) is 0 Å². The molecule has 0 aliphatic carbocycles. The summed E-state index contributed by atoms with van der Waals surface area (Å²) in [6.45, 7) is 1.86. The van der Waals surface area contributed by atoms with E-state index >= 15 is 0 Å². The van der Waals surface area contributed by atoms with Crippen molar-refractivity contribution in [3.05, 3.63) is 53.9 Å². The minimum Gasteiger partial charge on any atom is -0.438 e. The Hall–Kier alpha value is -2.49. The predicted octanol–water partition coefficient (Wildman–Crippen LogP) is 2.87. The molecule has 130 valence electrons. The molecule has 0 aliphatic heterocycles. The molecule has 2 heterocycles. The number of rotatable bonds is 5. The first-order chi connectivity index (χ1) is 11.9. The van der Waals surface area contributed by atoms with Crippen LogP contribution >= 0.6 is 11.3 Å². The molecule has 9 heteroatoms. The van der Waals surface area contributed by atoms with Gasteiger partial charge in [0.25, 0.3) is 15.9 Å². The number of hydrogen-bond acceptors (Lipinski definition) is 6. The number of nitrogens with zero attached hydrogens (tertiary/aromatic N) is 1. The number of aryl methyl sites for hydroxylation is 1. The first kappa shape index (κ1) is 17.3. The van der Waals surface area contributed by atoms with Gasteiger partial charge in [-0.25, -0.2) is 18.1 Å². The van der Waals surface area contributed by atoms with Gasteiger partial charge in [0, 0.05) is 0 Å². The first-order valence-corrected chi connectivity index (χ1v) is 9.58. The molecule has 25 heavy (non-hydrogen) atoms. The maximum Gasteiger partial charge on any atom is 0.293 e. The van der Waals surface area contributed by atoms with E-state index < -0.39 is 15.9 Å². The summed E-state index contributed by atoms with van der Waals surface area (Å²) in [5.41, 5.74) is 1.81. The molecule has 3 rings (SSSR count). The first-order valence-electron chi connectivity index (χ1n) is 7.28. The summed E-state index contributed by atoms with van der Waals surface area (Å²) in [6, 6.07) is 12.2. The molecule has 1 amide bonds. The SMILES string of the molecule is CNS(=O)(=O)c1ccc(C(=O)Nc2nc(C)c(-c3ccccc3)s2)o1. The maximum absolute atomic E-state index is 12.2. The summed E-state index contributed by atoms with van der Waals surface area (Å²) in [4.78, 5) is 17.5. The van der Waals surface area contributed by atoms with Gasteiger partial charge in [-0.1, -0.05) is 41.7 Å². The van der Waals surface area contributed by atoms with Crippen molar-refractivity contribution in [2.24, 2.45) is 0 Å². The van der Waals surface area contributed by atoms with Crippen LogP contribution in [0.25, 0.3) is 10.4 Å². The fourth-order valence-corrected chi connectivity index (χ4v) is 3.77. The van der Waals surface area contributed by atoms with Crippen molar-refractivity contribution in [1.82, 2.24) is 9.71 Å². The van der Waals surface area contributed by atoms with Crippen molar-refractivity contribution in [1.29, 1.82) is 0 Å². The van der Waals surface area contributed by atoms with Crippen LogP contribution in [0.1, 0.15) is 16.2 Å². The fourth-order valence-electron chi connectivity index (χ4n) is 2.15. The number of anilines is 1. The van der Waals surface area contributed by atoms with Crippen LogP contribution in [0.5, 0.6) is 0 Å². The van der Waals surface area contributed by atoms with Crippen molar-refractivity contribution in [3.63, 3.8) is 0 Å². The summed E-state index contributed by atoms with van der Waals surface area (Å²) in [5.74, 6) is -0.672. The van der Waals surface area contributed by atoms with Crippen LogP contribution in [0.4, 0.5) is 5.13 Å². The lowest BCUT2D eigenvalue weighted by molar-refractivity contribution is 0.0991. The second-order valence-electron chi connectivity index (χ2n) is 5.08. The Morgan fingerprint density at radius 2 is 1.88 bits per heavy atom. The van der Waals surface area contributed by atoms with Gasteiger partial charge in [0.15, 0.2) is 10.9 Å². The van der Waals surface area contributed by atoms with Crippen LogP contribution in [-0.2, 0) is 10.0 Å². The third-order valence-electron chi connectivity index (χ3n) is 3.39. The van der Waals surface area contributed by atoms with Crippen LogP contribution in [0.3, 0.4) is 0 Å². The maximum atomic E-state index is 12.2. The highest BCUT2D eigenvalue weighted by Crippen LogP contribution is 2.32. The van der Waals surface area contributed by atoms with Gasteiger partial charge in [-0.3, -0.25) is 10.1 Å². The van der Waals surface area contributed by atoms with Crippen molar-refractivity contribution >= 4 is 32.4 Å². The van der Waals surface area contributed by atoms with E-state index in [0.29, 0.717) is 5.13 Å². The Morgan fingerprint density at radius 3 is 2.56 bits per heavy atom. The highest BCUT2D eigenvalue weighted by atomic mass is 32.2. The Morgan fingerprint density at radius 1 is 1.16 bits per heavy atom. The third-order valence-corrected chi connectivity index (χ3v) is 5.80. The van der Waals surface area contributed by atoms with Crippen molar-refractivity contribution in [2.75, 3.05) is 12.4 Å². The lowest BCUT2D eigenvalue weighted by atomic mass is 10.2. The molecule has 1 aromatic carbocycles. The summed E-state index contributed by atoms with van der Waals surface area (Å²) >= 11 is 1.34. The molecule has 0 aliphatic rings. The number of carbonyl (C=O) groups is 1. The molecule has 0 fully saturated rings. The predicted molar refractivity (Wildman–Crippen MR) is 95.2 cm³/mol. The molecule has 0 spiro atoms. The number of nitrogens with one attached hydrogen (secondary N) is 2. The summed E-state index contributed by atoms with van der Waals surface area (Å²) < 4.78 is 30.5. The third kappa shape index (κ3) is 3.63. The van der Waals surface area contributed by atoms with E-state index in [1.54, 1.807) is 0 Å². The summed E-state index contributed by atoms with van der Waals surface area (Å²) in [6.07, 6.45) is 0. The van der Waals surface area contributed by atoms with Crippen LogP contribution in [0.2, 0.25) is 0 Å². The molecular formula is C16H15N3O4S2. The van der Waals surface area contributed by atoms with Gasteiger partial charge in [-0.05, 0) is 31.7 Å². The summed E-state index contributed by atoms with van der Waals surface area (Å²) in [5, 5.41) is 2.73. The number of amides is 1. The number of benzene rings is 1. The minimum atomic E-state index is -3.73. The van der Waals surface area contributed by atoms with Gasteiger partial charge in [0.2, 0.25) is 5.09 Å². The highest BCUT2D eigenvalue weighted by molar-refractivity contribution is 7.89. The number of hydrogen-bond donors (Lipinski definition) is 2.